The Morgan fingerprint density at radius 3 is 2.00 bits per heavy atom. The third kappa shape index (κ3) is 3.49. The van der Waals surface area contributed by atoms with Crippen LogP contribution in [0.5, 0.6) is 0 Å². The fourth-order valence-electron chi connectivity index (χ4n) is 2.76. The molecule has 1 aliphatic rings. The average Bonchev–Trinajstić information content (AvgIpc) is 2.45. The molecule has 1 heterocycles. The molecule has 4 nitrogen and oxygen atoms in total. The minimum absolute atomic E-state index is 0.0705. The van der Waals surface area contributed by atoms with Crippen molar-refractivity contribution in [2.45, 2.75) is 40.0 Å². The van der Waals surface area contributed by atoms with Crippen LogP contribution in [0.4, 0.5) is 0 Å². The fourth-order valence-corrected chi connectivity index (χ4v) is 2.76. The lowest BCUT2D eigenvalue weighted by Crippen LogP contribution is -2.50. The first-order valence-corrected chi connectivity index (χ1v) is 7.86. The van der Waals surface area contributed by atoms with Gasteiger partial charge < -0.3 is 9.80 Å². The highest BCUT2D eigenvalue weighted by Crippen LogP contribution is 2.25. The van der Waals surface area contributed by atoms with Gasteiger partial charge in [0.05, 0.1) is 0 Å². The van der Waals surface area contributed by atoms with Crippen LogP contribution in [0.1, 0.15) is 49.2 Å². The SMILES string of the molecule is CC(=O)N1CCN(C(=O)c2ccc(C(C)(C)C)cc2C)CC1. The molecule has 4 heteroatoms. The molecule has 120 valence electrons. The molecule has 1 aliphatic heterocycles. The second-order valence-electron chi connectivity index (χ2n) is 7.08. The van der Waals surface area contributed by atoms with E-state index in [2.05, 4.69) is 26.8 Å². The van der Waals surface area contributed by atoms with Crippen LogP contribution in [-0.4, -0.2) is 47.8 Å². The summed E-state index contributed by atoms with van der Waals surface area (Å²) in [6.45, 7) is 12.6. The summed E-state index contributed by atoms with van der Waals surface area (Å²) in [6, 6.07) is 6.10. The van der Waals surface area contributed by atoms with Crippen molar-refractivity contribution < 1.29 is 9.59 Å². The first-order chi connectivity index (χ1) is 10.2. The zero-order valence-electron chi connectivity index (χ0n) is 14.3. The third-order valence-corrected chi connectivity index (χ3v) is 4.34. The first kappa shape index (κ1) is 16.5. The van der Waals surface area contributed by atoms with Gasteiger partial charge in [0.1, 0.15) is 0 Å². The molecule has 0 aromatic heterocycles. The van der Waals surface area contributed by atoms with Gasteiger partial charge in [-0.15, -0.1) is 0 Å². The number of carbonyl (C=O) groups is 2. The van der Waals surface area contributed by atoms with Gasteiger partial charge in [-0.05, 0) is 29.5 Å². The highest BCUT2D eigenvalue weighted by Gasteiger charge is 2.24. The van der Waals surface area contributed by atoms with E-state index in [9.17, 15) is 9.59 Å². The maximum atomic E-state index is 12.7. The lowest BCUT2D eigenvalue weighted by atomic mass is 9.85. The number of amides is 2. The summed E-state index contributed by atoms with van der Waals surface area (Å²) in [7, 11) is 0. The highest BCUT2D eigenvalue weighted by molar-refractivity contribution is 5.96. The smallest absolute Gasteiger partial charge is 0.254 e. The van der Waals surface area contributed by atoms with E-state index in [0.717, 1.165) is 11.1 Å². The number of piperazine rings is 1. The monoisotopic (exact) mass is 302 g/mol. The standard InChI is InChI=1S/C18H26N2O2/c1-13-12-15(18(3,4)5)6-7-16(13)17(22)20-10-8-19(9-11-20)14(2)21/h6-7,12H,8-11H2,1-5H3. The molecule has 2 amide bonds. The van der Waals surface area contributed by atoms with Crippen molar-refractivity contribution in [1.29, 1.82) is 0 Å². The molecule has 2 rings (SSSR count). The predicted octanol–water partition coefficient (Wildman–Crippen LogP) is 2.60. The summed E-state index contributed by atoms with van der Waals surface area (Å²) in [4.78, 5) is 27.7. The minimum Gasteiger partial charge on any atom is -0.339 e. The zero-order valence-corrected chi connectivity index (χ0v) is 14.3. The highest BCUT2D eigenvalue weighted by atomic mass is 16.2. The molecule has 1 aromatic carbocycles. The molecular formula is C18H26N2O2. The Bertz CT molecular complexity index is 579. The van der Waals surface area contributed by atoms with E-state index < -0.39 is 0 Å². The quantitative estimate of drug-likeness (QED) is 0.800. The molecule has 0 radical (unpaired) electrons. The van der Waals surface area contributed by atoms with Crippen molar-refractivity contribution >= 4 is 11.8 Å². The molecule has 0 spiro atoms. The number of hydrogen-bond acceptors (Lipinski definition) is 2. The number of carbonyl (C=O) groups excluding carboxylic acids is 2. The molecule has 1 aromatic rings. The zero-order chi connectivity index (χ0) is 16.5. The molecular weight excluding hydrogens is 276 g/mol. The molecule has 1 saturated heterocycles. The van der Waals surface area contributed by atoms with E-state index in [1.165, 1.54) is 5.56 Å². The number of benzene rings is 1. The van der Waals surface area contributed by atoms with Gasteiger partial charge >= 0.3 is 0 Å². The van der Waals surface area contributed by atoms with Gasteiger partial charge in [-0.1, -0.05) is 32.9 Å². The van der Waals surface area contributed by atoms with Gasteiger partial charge in [0.15, 0.2) is 0 Å². The van der Waals surface area contributed by atoms with Crippen LogP contribution in [0.3, 0.4) is 0 Å². The maximum absolute atomic E-state index is 12.7. The summed E-state index contributed by atoms with van der Waals surface area (Å²) >= 11 is 0. The molecule has 1 fully saturated rings. The Balaban J connectivity index is 2.12. The van der Waals surface area contributed by atoms with Crippen LogP contribution >= 0.6 is 0 Å². The van der Waals surface area contributed by atoms with Crippen LogP contribution in [0.2, 0.25) is 0 Å². The lowest BCUT2D eigenvalue weighted by Gasteiger charge is -2.34. The molecule has 0 saturated carbocycles. The van der Waals surface area contributed by atoms with E-state index in [1.54, 1.807) is 11.8 Å². The van der Waals surface area contributed by atoms with Crippen molar-refractivity contribution in [3.05, 3.63) is 34.9 Å². The van der Waals surface area contributed by atoms with E-state index in [1.807, 2.05) is 24.0 Å². The summed E-state index contributed by atoms with van der Waals surface area (Å²) in [6.07, 6.45) is 0. The van der Waals surface area contributed by atoms with Gasteiger partial charge in [-0.3, -0.25) is 9.59 Å². The number of hydrogen-bond donors (Lipinski definition) is 0. The van der Waals surface area contributed by atoms with Crippen LogP contribution < -0.4 is 0 Å². The predicted molar refractivity (Wildman–Crippen MR) is 88.0 cm³/mol. The Morgan fingerprint density at radius 2 is 1.55 bits per heavy atom. The fraction of sp³-hybridized carbons (Fsp3) is 0.556. The summed E-state index contributed by atoms with van der Waals surface area (Å²) in [5.74, 6) is 0.152. The van der Waals surface area contributed by atoms with Gasteiger partial charge in [0.2, 0.25) is 5.91 Å². The maximum Gasteiger partial charge on any atom is 0.254 e. The topological polar surface area (TPSA) is 40.6 Å². The Morgan fingerprint density at radius 1 is 1.00 bits per heavy atom. The molecule has 0 unspecified atom stereocenters. The number of rotatable bonds is 1. The summed E-state index contributed by atoms with van der Waals surface area (Å²) in [5, 5.41) is 0. The van der Waals surface area contributed by atoms with Crippen molar-refractivity contribution in [2.24, 2.45) is 0 Å². The van der Waals surface area contributed by atoms with Crippen LogP contribution in [0.15, 0.2) is 18.2 Å². The molecule has 0 N–H and O–H groups in total. The van der Waals surface area contributed by atoms with E-state index in [-0.39, 0.29) is 17.2 Å². The first-order valence-electron chi connectivity index (χ1n) is 7.86. The molecule has 0 aliphatic carbocycles. The van der Waals surface area contributed by atoms with E-state index in [0.29, 0.717) is 26.2 Å². The van der Waals surface area contributed by atoms with Gasteiger partial charge in [-0.2, -0.15) is 0 Å². The lowest BCUT2D eigenvalue weighted by molar-refractivity contribution is -0.130. The summed E-state index contributed by atoms with van der Waals surface area (Å²) < 4.78 is 0. The normalized spacial score (nSPS) is 15.9. The second kappa shape index (κ2) is 6.11. The largest absolute Gasteiger partial charge is 0.339 e. The van der Waals surface area contributed by atoms with Gasteiger partial charge in [0.25, 0.3) is 5.91 Å². The van der Waals surface area contributed by atoms with Crippen molar-refractivity contribution in [1.82, 2.24) is 9.80 Å². The average molecular weight is 302 g/mol. The van der Waals surface area contributed by atoms with Crippen molar-refractivity contribution in [2.75, 3.05) is 26.2 Å². The third-order valence-electron chi connectivity index (χ3n) is 4.34. The Kier molecular flexibility index (Phi) is 4.59. The number of aryl methyl sites for hydroxylation is 1. The van der Waals surface area contributed by atoms with E-state index in [4.69, 9.17) is 0 Å². The second-order valence-corrected chi connectivity index (χ2v) is 7.08. The van der Waals surface area contributed by atoms with Gasteiger partial charge in [-0.25, -0.2) is 0 Å². The Labute approximate surface area is 133 Å². The molecule has 0 atom stereocenters. The van der Waals surface area contributed by atoms with Crippen LogP contribution in [0, 0.1) is 6.92 Å². The summed E-state index contributed by atoms with van der Waals surface area (Å²) in [5.41, 5.74) is 3.11. The Hall–Kier alpha value is -1.84. The molecule has 22 heavy (non-hydrogen) atoms. The van der Waals surface area contributed by atoms with E-state index >= 15 is 0 Å². The molecule has 0 bridgehead atoms. The van der Waals surface area contributed by atoms with Crippen LogP contribution in [-0.2, 0) is 10.2 Å². The number of nitrogens with zero attached hydrogens (tertiary/aromatic N) is 2. The van der Waals surface area contributed by atoms with Gasteiger partial charge in [0, 0.05) is 38.7 Å². The van der Waals surface area contributed by atoms with Crippen molar-refractivity contribution in [3.63, 3.8) is 0 Å². The van der Waals surface area contributed by atoms with Crippen LogP contribution in [0.25, 0.3) is 0 Å². The minimum atomic E-state index is 0.0705. The van der Waals surface area contributed by atoms with Crippen molar-refractivity contribution in [3.8, 4) is 0 Å².